The first-order chi connectivity index (χ1) is 8.70. The van der Waals surface area contributed by atoms with Gasteiger partial charge in [-0.05, 0) is 45.1 Å². The van der Waals surface area contributed by atoms with E-state index >= 15 is 0 Å². The summed E-state index contributed by atoms with van der Waals surface area (Å²) in [6, 6.07) is 4.87. The average Bonchev–Trinajstić information content (AvgIpc) is 2.39. The van der Waals surface area contributed by atoms with E-state index in [9.17, 15) is 0 Å². The van der Waals surface area contributed by atoms with E-state index in [0.29, 0.717) is 6.04 Å². The number of likely N-dealkylation sites (tertiary alicyclic amines) is 1. The van der Waals surface area contributed by atoms with Gasteiger partial charge < -0.3 is 15.1 Å². The molecule has 0 spiro atoms. The molecule has 0 amide bonds. The number of nitrogens with zero attached hydrogens (tertiary/aromatic N) is 3. The number of likely N-dealkylation sites (N-methyl/N-ethyl adjacent to an activating group) is 2. The standard InChI is InChI=1S/C14H24N4/c1-15-9-12-6-7-14(16-10-12)18(3)13-5-4-8-17(2)11-13/h6-7,10,13,15H,4-5,8-9,11H2,1-3H3. The van der Waals surface area contributed by atoms with E-state index in [0.717, 1.165) is 18.9 Å². The Morgan fingerprint density at radius 1 is 1.50 bits per heavy atom. The lowest BCUT2D eigenvalue weighted by atomic mass is 10.1. The van der Waals surface area contributed by atoms with E-state index in [1.807, 2.05) is 13.2 Å². The van der Waals surface area contributed by atoms with Gasteiger partial charge in [0.05, 0.1) is 0 Å². The third-order valence-electron chi connectivity index (χ3n) is 3.70. The van der Waals surface area contributed by atoms with Crippen LogP contribution < -0.4 is 10.2 Å². The molecular formula is C14H24N4. The Balaban J connectivity index is 2.01. The third kappa shape index (κ3) is 3.21. The highest BCUT2D eigenvalue weighted by Gasteiger charge is 2.21. The van der Waals surface area contributed by atoms with Crippen molar-refractivity contribution in [2.75, 3.05) is 39.1 Å². The molecule has 0 saturated carbocycles. The quantitative estimate of drug-likeness (QED) is 0.871. The molecule has 18 heavy (non-hydrogen) atoms. The lowest BCUT2D eigenvalue weighted by Crippen LogP contribution is -2.45. The van der Waals surface area contributed by atoms with Gasteiger partial charge in [0.15, 0.2) is 0 Å². The van der Waals surface area contributed by atoms with Crippen LogP contribution >= 0.6 is 0 Å². The molecule has 1 aromatic heterocycles. The average molecular weight is 248 g/mol. The van der Waals surface area contributed by atoms with Gasteiger partial charge in [0.2, 0.25) is 0 Å². The van der Waals surface area contributed by atoms with Gasteiger partial charge >= 0.3 is 0 Å². The van der Waals surface area contributed by atoms with Gasteiger partial charge in [0.1, 0.15) is 5.82 Å². The zero-order valence-electron chi connectivity index (χ0n) is 11.7. The number of rotatable bonds is 4. The minimum atomic E-state index is 0.589. The molecule has 0 aromatic carbocycles. The fourth-order valence-electron chi connectivity index (χ4n) is 2.58. The first-order valence-corrected chi connectivity index (χ1v) is 6.71. The van der Waals surface area contributed by atoms with E-state index in [1.165, 1.54) is 24.9 Å². The lowest BCUT2D eigenvalue weighted by Gasteiger charge is -2.36. The minimum absolute atomic E-state index is 0.589. The van der Waals surface area contributed by atoms with Gasteiger partial charge in [0, 0.05) is 32.4 Å². The second-order valence-electron chi connectivity index (χ2n) is 5.22. The van der Waals surface area contributed by atoms with Crippen molar-refractivity contribution in [3.8, 4) is 0 Å². The molecular weight excluding hydrogens is 224 g/mol. The van der Waals surface area contributed by atoms with Crippen LogP contribution in [0.15, 0.2) is 18.3 Å². The van der Waals surface area contributed by atoms with Crippen LogP contribution in [0.25, 0.3) is 0 Å². The molecule has 1 aromatic rings. The molecule has 1 aliphatic rings. The van der Waals surface area contributed by atoms with Crippen LogP contribution in [0.2, 0.25) is 0 Å². The molecule has 0 bridgehead atoms. The van der Waals surface area contributed by atoms with E-state index in [-0.39, 0.29) is 0 Å². The Bertz CT molecular complexity index is 363. The monoisotopic (exact) mass is 248 g/mol. The number of hydrogen-bond donors (Lipinski definition) is 1. The molecule has 100 valence electrons. The summed E-state index contributed by atoms with van der Waals surface area (Å²) in [5.74, 6) is 1.08. The predicted octanol–water partition coefficient (Wildman–Crippen LogP) is 1.33. The predicted molar refractivity (Wildman–Crippen MR) is 75.9 cm³/mol. The Kier molecular flexibility index (Phi) is 4.55. The molecule has 1 saturated heterocycles. The molecule has 2 heterocycles. The van der Waals surface area contributed by atoms with Crippen LogP contribution in [0, 0.1) is 0 Å². The van der Waals surface area contributed by atoms with Crippen LogP contribution in [0.4, 0.5) is 5.82 Å². The summed E-state index contributed by atoms with van der Waals surface area (Å²) in [6.07, 6.45) is 4.51. The molecule has 1 atom stereocenters. The molecule has 1 fully saturated rings. The second-order valence-corrected chi connectivity index (χ2v) is 5.22. The molecule has 4 heteroatoms. The summed E-state index contributed by atoms with van der Waals surface area (Å²) in [6.45, 7) is 3.23. The minimum Gasteiger partial charge on any atom is -0.355 e. The smallest absolute Gasteiger partial charge is 0.128 e. The van der Waals surface area contributed by atoms with E-state index in [1.54, 1.807) is 0 Å². The fourth-order valence-corrected chi connectivity index (χ4v) is 2.58. The Hall–Kier alpha value is -1.13. The second kappa shape index (κ2) is 6.16. The summed E-state index contributed by atoms with van der Waals surface area (Å²) in [4.78, 5) is 9.29. The van der Waals surface area contributed by atoms with Gasteiger partial charge in [0.25, 0.3) is 0 Å². The van der Waals surface area contributed by atoms with Crippen LogP contribution in [0.3, 0.4) is 0 Å². The number of anilines is 1. The summed E-state index contributed by atoms with van der Waals surface area (Å²) in [5.41, 5.74) is 1.23. The third-order valence-corrected chi connectivity index (χ3v) is 3.70. The highest BCUT2D eigenvalue weighted by Crippen LogP contribution is 2.19. The maximum atomic E-state index is 4.56. The topological polar surface area (TPSA) is 31.4 Å². The maximum absolute atomic E-state index is 4.56. The summed E-state index contributed by atoms with van der Waals surface area (Å²) >= 11 is 0. The Labute approximate surface area is 110 Å². The van der Waals surface area contributed by atoms with Crippen LogP contribution in [-0.2, 0) is 6.54 Å². The largest absolute Gasteiger partial charge is 0.355 e. The zero-order valence-corrected chi connectivity index (χ0v) is 11.7. The van der Waals surface area contributed by atoms with Crippen LogP contribution in [0.5, 0.6) is 0 Å². The van der Waals surface area contributed by atoms with Crippen LogP contribution in [-0.4, -0.2) is 50.2 Å². The normalized spacial score (nSPS) is 20.9. The van der Waals surface area contributed by atoms with Crippen molar-refractivity contribution in [2.45, 2.75) is 25.4 Å². The molecule has 4 nitrogen and oxygen atoms in total. The number of nitrogens with one attached hydrogen (secondary N) is 1. The first-order valence-electron chi connectivity index (χ1n) is 6.71. The van der Waals surface area contributed by atoms with Gasteiger partial charge in [-0.25, -0.2) is 4.98 Å². The highest BCUT2D eigenvalue weighted by molar-refractivity contribution is 5.39. The highest BCUT2D eigenvalue weighted by atomic mass is 15.2. The summed E-state index contributed by atoms with van der Waals surface area (Å²) in [5, 5.41) is 3.14. The molecule has 1 unspecified atom stereocenters. The molecule has 0 radical (unpaired) electrons. The first kappa shape index (κ1) is 13.3. The van der Waals surface area contributed by atoms with Crippen molar-refractivity contribution in [1.82, 2.24) is 15.2 Å². The van der Waals surface area contributed by atoms with Crippen molar-refractivity contribution < 1.29 is 0 Å². The summed E-state index contributed by atoms with van der Waals surface area (Å²) < 4.78 is 0. The lowest BCUT2D eigenvalue weighted by molar-refractivity contribution is 0.247. The SMILES string of the molecule is CNCc1ccc(N(C)C2CCCN(C)C2)nc1. The van der Waals surface area contributed by atoms with Crippen molar-refractivity contribution in [1.29, 1.82) is 0 Å². The van der Waals surface area contributed by atoms with E-state index in [4.69, 9.17) is 0 Å². The molecule has 1 aliphatic heterocycles. The molecule has 0 aliphatic carbocycles. The van der Waals surface area contributed by atoms with Crippen molar-refractivity contribution in [3.63, 3.8) is 0 Å². The van der Waals surface area contributed by atoms with E-state index in [2.05, 4.69) is 46.3 Å². The van der Waals surface area contributed by atoms with Gasteiger partial charge in [-0.2, -0.15) is 0 Å². The molecule has 1 N–H and O–H groups in total. The van der Waals surface area contributed by atoms with Crippen molar-refractivity contribution in [3.05, 3.63) is 23.9 Å². The van der Waals surface area contributed by atoms with Crippen molar-refractivity contribution >= 4 is 5.82 Å². The number of aromatic nitrogens is 1. The zero-order chi connectivity index (χ0) is 13.0. The summed E-state index contributed by atoms with van der Waals surface area (Å²) in [7, 11) is 6.31. The number of piperidine rings is 1. The van der Waals surface area contributed by atoms with Crippen molar-refractivity contribution in [2.24, 2.45) is 0 Å². The van der Waals surface area contributed by atoms with Gasteiger partial charge in [-0.1, -0.05) is 6.07 Å². The molecule has 2 rings (SSSR count). The van der Waals surface area contributed by atoms with Gasteiger partial charge in [-0.3, -0.25) is 0 Å². The maximum Gasteiger partial charge on any atom is 0.128 e. The Morgan fingerprint density at radius 3 is 2.94 bits per heavy atom. The Morgan fingerprint density at radius 2 is 2.33 bits per heavy atom. The number of pyridine rings is 1. The van der Waals surface area contributed by atoms with Gasteiger partial charge in [-0.15, -0.1) is 0 Å². The van der Waals surface area contributed by atoms with Crippen LogP contribution in [0.1, 0.15) is 18.4 Å². The fraction of sp³-hybridized carbons (Fsp3) is 0.643. The number of hydrogen-bond acceptors (Lipinski definition) is 4. The van der Waals surface area contributed by atoms with E-state index < -0.39 is 0 Å².